The van der Waals surface area contributed by atoms with E-state index in [0.29, 0.717) is 0 Å². The summed E-state index contributed by atoms with van der Waals surface area (Å²) in [6.07, 6.45) is 0. The van der Waals surface area contributed by atoms with Crippen molar-refractivity contribution in [3.63, 3.8) is 0 Å². The number of hydrogen-bond acceptors (Lipinski definition) is 2. The molecule has 1 aliphatic rings. The van der Waals surface area contributed by atoms with E-state index in [-0.39, 0.29) is 18.3 Å². The summed E-state index contributed by atoms with van der Waals surface area (Å²) in [7, 11) is 15.6. The summed E-state index contributed by atoms with van der Waals surface area (Å²) in [5.74, 6) is 0. The third-order valence-electron chi connectivity index (χ3n) is 10.6. The van der Waals surface area contributed by atoms with Gasteiger partial charge in [-0.25, -0.2) is 0 Å². The van der Waals surface area contributed by atoms with Crippen molar-refractivity contribution in [1.82, 2.24) is 0 Å². The van der Waals surface area contributed by atoms with E-state index >= 15 is 0 Å². The minimum Gasteiger partial charge on any atom is -0.399 e. The molecule has 1 aliphatic heterocycles. The molecule has 0 saturated carbocycles. The molecule has 200 valence electrons. The van der Waals surface area contributed by atoms with E-state index in [0.717, 1.165) is 5.46 Å². The van der Waals surface area contributed by atoms with Crippen LogP contribution in [0.15, 0.2) is 60.7 Å². The Balaban J connectivity index is 1.41. The molecule has 42 heavy (non-hydrogen) atoms. The summed E-state index contributed by atoms with van der Waals surface area (Å²) < 4.78 is 12.6. The molecule has 5 aromatic rings. The zero-order chi connectivity index (χ0) is 30.3. The van der Waals surface area contributed by atoms with Gasteiger partial charge in [-0.1, -0.05) is 75.8 Å². The average Bonchev–Trinajstić information content (AvgIpc) is 3.18. The van der Waals surface area contributed by atoms with Gasteiger partial charge in [0, 0.05) is 0 Å². The topological polar surface area (TPSA) is 18.5 Å². The minimum absolute atomic E-state index is 0.357. The molecule has 0 atom stereocenters. The van der Waals surface area contributed by atoms with Crippen LogP contribution in [-0.2, 0) is 9.31 Å². The Hall–Kier alpha value is -2.94. The SMILES string of the molecule is Bc1c(B)c(B)c2c(B)c(-c3ccc4cc(-c5cccc(B6OC(C)(C)C(C)(C)O6)c5)ccc4c3)c(B)c(B)c2c1B. The van der Waals surface area contributed by atoms with Crippen molar-refractivity contribution in [3.8, 4) is 22.3 Å². The zero-order valence-corrected chi connectivity index (χ0v) is 27.2. The molecule has 0 radical (unpaired) electrons. The van der Waals surface area contributed by atoms with Crippen LogP contribution >= 0.6 is 0 Å². The molecule has 1 fully saturated rings. The van der Waals surface area contributed by atoms with E-state index in [1.165, 1.54) is 82.0 Å². The second kappa shape index (κ2) is 10.1. The predicted octanol–water partition coefficient (Wildman–Crippen LogP) is -4.56. The Morgan fingerprint density at radius 1 is 0.500 bits per heavy atom. The van der Waals surface area contributed by atoms with Gasteiger partial charge in [-0.3, -0.25) is 0 Å². The molecule has 1 heterocycles. The van der Waals surface area contributed by atoms with Gasteiger partial charge in [-0.15, -0.1) is 10.9 Å². The Bertz CT molecular complexity index is 1920. The standard InChI is InChI=1S/C32H36B8O2/c1-31(2)32(3,4)42-40(41-31)20-7-5-6-15(14-20)16-8-9-18-13-19(11-10-17(18)12-16)21-24(33)22-23(26(35)25(21)34)28(37)30(39)29(38)27(22)36/h5-14H,33-39H2,1-4H3. The van der Waals surface area contributed by atoms with Crippen molar-refractivity contribution < 1.29 is 9.31 Å². The fourth-order valence-corrected chi connectivity index (χ4v) is 6.89. The van der Waals surface area contributed by atoms with Crippen LogP contribution in [0.3, 0.4) is 0 Å². The molecular weight excluding hydrogens is 503 g/mol. The second-order valence-corrected chi connectivity index (χ2v) is 13.5. The first-order valence-electron chi connectivity index (χ1n) is 15.2. The minimum atomic E-state index is -0.366. The van der Waals surface area contributed by atoms with E-state index in [4.69, 9.17) is 9.31 Å². The average molecular weight is 539 g/mol. The van der Waals surface area contributed by atoms with Crippen LogP contribution in [0.4, 0.5) is 0 Å². The van der Waals surface area contributed by atoms with Gasteiger partial charge in [0.2, 0.25) is 0 Å². The summed E-state index contributed by atoms with van der Waals surface area (Å²) in [5.41, 5.74) is 15.1. The number of fused-ring (bicyclic) bond motifs is 2. The van der Waals surface area contributed by atoms with Crippen LogP contribution in [-0.4, -0.2) is 73.2 Å². The lowest BCUT2D eigenvalue weighted by atomic mass is 9.58. The van der Waals surface area contributed by atoms with Crippen molar-refractivity contribution in [3.05, 3.63) is 60.7 Å². The molecule has 5 aromatic carbocycles. The van der Waals surface area contributed by atoms with E-state index in [2.05, 4.69) is 143 Å². The lowest BCUT2D eigenvalue weighted by Gasteiger charge is -2.32. The number of rotatable bonds is 3. The molecule has 0 amide bonds. The molecule has 2 nitrogen and oxygen atoms in total. The molecule has 1 saturated heterocycles. The van der Waals surface area contributed by atoms with Gasteiger partial charge in [0.25, 0.3) is 0 Å². The third-order valence-corrected chi connectivity index (χ3v) is 10.6. The maximum Gasteiger partial charge on any atom is 0.494 e. The van der Waals surface area contributed by atoms with Crippen LogP contribution in [0.5, 0.6) is 0 Å². The molecule has 0 aliphatic carbocycles. The van der Waals surface area contributed by atoms with Crippen molar-refractivity contribution >= 4 is 127 Å². The monoisotopic (exact) mass is 540 g/mol. The number of hydrogen-bond donors (Lipinski definition) is 0. The highest BCUT2D eigenvalue weighted by atomic mass is 16.7. The number of benzene rings is 5. The summed E-state index contributed by atoms with van der Waals surface area (Å²) in [5, 5.41) is 5.35. The molecule has 0 unspecified atom stereocenters. The Morgan fingerprint density at radius 3 is 1.57 bits per heavy atom. The summed E-state index contributed by atoms with van der Waals surface area (Å²) in [6, 6.07) is 22.3. The highest BCUT2D eigenvalue weighted by Crippen LogP contribution is 2.37. The van der Waals surface area contributed by atoms with Crippen LogP contribution < -0.4 is 43.7 Å². The highest BCUT2D eigenvalue weighted by Gasteiger charge is 2.51. The first-order chi connectivity index (χ1) is 19.7. The quantitative estimate of drug-likeness (QED) is 0.215. The molecule has 6 rings (SSSR count). The Labute approximate surface area is 257 Å². The van der Waals surface area contributed by atoms with Gasteiger partial charge >= 0.3 is 7.12 Å². The van der Waals surface area contributed by atoms with E-state index in [1.807, 2.05) is 0 Å². The van der Waals surface area contributed by atoms with Gasteiger partial charge < -0.3 is 9.31 Å². The predicted molar refractivity (Wildman–Crippen MR) is 205 cm³/mol. The third kappa shape index (κ3) is 4.45. The van der Waals surface area contributed by atoms with Gasteiger partial charge in [0.05, 0.1) is 11.2 Å². The fraction of sp³-hybridized carbons (Fsp3) is 0.188. The normalized spacial score (nSPS) is 16.0. The second-order valence-electron chi connectivity index (χ2n) is 13.5. The maximum atomic E-state index is 6.32. The maximum absolute atomic E-state index is 6.32. The first-order valence-corrected chi connectivity index (χ1v) is 15.2. The van der Waals surface area contributed by atoms with Gasteiger partial charge in [-0.05, 0) is 89.1 Å². The molecular formula is C32H36B8O2. The van der Waals surface area contributed by atoms with E-state index in [9.17, 15) is 0 Å². The lowest BCUT2D eigenvalue weighted by Crippen LogP contribution is -2.52. The van der Waals surface area contributed by atoms with Crippen molar-refractivity contribution in [2.45, 2.75) is 38.9 Å². The van der Waals surface area contributed by atoms with Crippen LogP contribution in [0.1, 0.15) is 27.7 Å². The van der Waals surface area contributed by atoms with E-state index < -0.39 is 0 Å². The Kier molecular flexibility index (Phi) is 6.99. The van der Waals surface area contributed by atoms with Crippen molar-refractivity contribution in [2.75, 3.05) is 0 Å². The Morgan fingerprint density at radius 2 is 0.976 bits per heavy atom. The van der Waals surface area contributed by atoms with E-state index in [1.54, 1.807) is 0 Å². The summed E-state index contributed by atoms with van der Waals surface area (Å²) in [4.78, 5) is 0. The molecule has 10 heteroatoms. The van der Waals surface area contributed by atoms with Crippen LogP contribution in [0.2, 0.25) is 0 Å². The lowest BCUT2D eigenvalue weighted by molar-refractivity contribution is 0.00578. The molecule has 0 bridgehead atoms. The zero-order valence-electron chi connectivity index (χ0n) is 27.2. The van der Waals surface area contributed by atoms with Crippen LogP contribution in [0, 0.1) is 0 Å². The van der Waals surface area contributed by atoms with Crippen LogP contribution in [0.25, 0.3) is 43.8 Å². The first kappa shape index (κ1) is 29.1. The largest absolute Gasteiger partial charge is 0.494 e. The summed E-state index contributed by atoms with van der Waals surface area (Å²) >= 11 is 0. The molecule has 0 spiro atoms. The van der Waals surface area contributed by atoms with Gasteiger partial charge in [0.1, 0.15) is 54.9 Å². The van der Waals surface area contributed by atoms with Gasteiger partial charge in [0.15, 0.2) is 0 Å². The fourth-order valence-electron chi connectivity index (χ4n) is 6.89. The van der Waals surface area contributed by atoms with Crippen molar-refractivity contribution in [1.29, 1.82) is 0 Å². The van der Waals surface area contributed by atoms with Crippen molar-refractivity contribution in [2.24, 2.45) is 0 Å². The highest BCUT2D eigenvalue weighted by molar-refractivity contribution is 6.72. The molecule has 0 aromatic heterocycles. The summed E-state index contributed by atoms with van der Waals surface area (Å²) in [6.45, 7) is 8.39. The van der Waals surface area contributed by atoms with Gasteiger partial charge in [-0.2, -0.15) is 0 Å². The molecule has 0 N–H and O–H groups in total. The smallest absolute Gasteiger partial charge is 0.399 e.